The van der Waals surface area contributed by atoms with Crippen LogP contribution in [0.25, 0.3) is 0 Å². The first-order valence-corrected chi connectivity index (χ1v) is 6.88. The zero-order valence-electron chi connectivity index (χ0n) is 11.6. The lowest BCUT2D eigenvalue weighted by atomic mass is 10.1. The molecule has 2 amide bonds. The molecule has 0 aliphatic carbocycles. The van der Waals surface area contributed by atoms with Gasteiger partial charge in [0.05, 0.1) is 7.11 Å². The molecule has 7 heteroatoms. The number of carbonyl (C=O) groups excluding carboxylic acids is 2. The summed E-state index contributed by atoms with van der Waals surface area (Å²) in [6, 6.07) is -0.670. The first kappa shape index (κ1) is 14.6. The summed E-state index contributed by atoms with van der Waals surface area (Å²) >= 11 is 0. The van der Waals surface area contributed by atoms with E-state index in [1.165, 1.54) is 7.11 Å². The Morgan fingerprint density at radius 2 is 2.00 bits per heavy atom. The van der Waals surface area contributed by atoms with Crippen molar-refractivity contribution in [2.75, 3.05) is 26.7 Å². The Morgan fingerprint density at radius 1 is 1.25 bits per heavy atom. The third-order valence-electron chi connectivity index (χ3n) is 3.99. The first-order chi connectivity index (χ1) is 9.52. The normalized spacial score (nSPS) is 25.9. The molecule has 0 aromatic rings. The van der Waals surface area contributed by atoms with Crippen molar-refractivity contribution in [3.8, 4) is 0 Å². The number of hydrogen-bond donors (Lipinski definition) is 1. The molecule has 2 atom stereocenters. The van der Waals surface area contributed by atoms with Gasteiger partial charge in [0.2, 0.25) is 0 Å². The highest BCUT2D eigenvalue weighted by molar-refractivity contribution is 5.84. The van der Waals surface area contributed by atoms with Crippen molar-refractivity contribution < 1.29 is 24.2 Å². The molecule has 20 heavy (non-hydrogen) atoms. The molecule has 0 radical (unpaired) electrons. The molecule has 0 bridgehead atoms. The van der Waals surface area contributed by atoms with Gasteiger partial charge in [-0.3, -0.25) is 4.79 Å². The van der Waals surface area contributed by atoms with Crippen LogP contribution in [0.2, 0.25) is 0 Å². The number of nitrogens with zero attached hydrogens (tertiary/aromatic N) is 2. The van der Waals surface area contributed by atoms with Crippen LogP contribution in [0.3, 0.4) is 0 Å². The number of carboxylic acids is 1. The molecule has 7 nitrogen and oxygen atoms in total. The van der Waals surface area contributed by atoms with E-state index in [-0.39, 0.29) is 24.3 Å². The predicted octanol–water partition coefficient (Wildman–Crippen LogP) is 0.540. The molecule has 2 rings (SSSR count). The van der Waals surface area contributed by atoms with Crippen molar-refractivity contribution in [3.05, 3.63) is 0 Å². The van der Waals surface area contributed by atoms with Gasteiger partial charge in [0.1, 0.15) is 6.04 Å². The molecule has 2 aliphatic heterocycles. The van der Waals surface area contributed by atoms with E-state index in [2.05, 4.69) is 0 Å². The number of carboxylic acid groups (broad SMARTS) is 1. The molecule has 0 saturated carbocycles. The number of amides is 2. The van der Waals surface area contributed by atoms with E-state index in [1.807, 2.05) is 0 Å². The van der Waals surface area contributed by atoms with Gasteiger partial charge in [0.15, 0.2) is 0 Å². The topological polar surface area (TPSA) is 87.2 Å². The lowest BCUT2D eigenvalue weighted by Crippen LogP contribution is -2.47. The molecule has 2 unspecified atom stereocenters. The fourth-order valence-electron chi connectivity index (χ4n) is 2.98. The summed E-state index contributed by atoms with van der Waals surface area (Å²) in [4.78, 5) is 37.9. The Labute approximate surface area is 117 Å². The van der Waals surface area contributed by atoms with E-state index < -0.39 is 12.0 Å². The van der Waals surface area contributed by atoms with E-state index in [9.17, 15) is 14.4 Å². The fourth-order valence-corrected chi connectivity index (χ4v) is 2.98. The van der Waals surface area contributed by atoms with E-state index in [0.717, 1.165) is 6.42 Å². The minimum Gasteiger partial charge on any atom is -0.481 e. The van der Waals surface area contributed by atoms with Gasteiger partial charge in [-0.1, -0.05) is 0 Å². The Hall–Kier alpha value is -1.79. The van der Waals surface area contributed by atoms with E-state index in [1.54, 1.807) is 9.80 Å². The van der Waals surface area contributed by atoms with Gasteiger partial charge in [0, 0.05) is 26.1 Å². The largest absolute Gasteiger partial charge is 0.481 e. The number of ether oxygens (including phenoxy) is 1. The van der Waals surface area contributed by atoms with Gasteiger partial charge in [0.25, 0.3) is 0 Å². The lowest BCUT2D eigenvalue weighted by Gasteiger charge is -2.28. The van der Waals surface area contributed by atoms with E-state index in [0.29, 0.717) is 32.5 Å². The molecule has 0 aromatic heterocycles. The summed E-state index contributed by atoms with van der Waals surface area (Å²) in [6.45, 7) is 1.56. The average Bonchev–Trinajstić information content (AvgIpc) is 3.04. The Morgan fingerprint density at radius 3 is 2.65 bits per heavy atom. The maximum Gasteiger partial charge on any atom is 0.328 e. The summed E-state index contributed by atoms with van der Waals surface area (Å²) < 4.78 is 4.72. The predicted molar refractivity (Wildman–Crippen MR) is 69.1 cm³/mol. The summed E-state index contributed by atoms with van der Waals surface area (Å²) in [5, 5.41) is 8.78. The lowest BCUT2D eigenvalue weighted by molar-refractivity contribution is -0.145. The van der Waals surface area contributed by atoms with Gasteiger partial charge < -0.3 is 19.6 Å². The molecule has 1 N–H and O–H groups in total. The monoisotopic (exact) mass is 284 g/mol. The quantitative estimate of drug-likeness (QED) is 0.764. The smallest absolute Gasteiger partial charge is 0.328 e. The average molecular weight is 284 g/mol. The second-order valence-corrected chi connectivity index (χ2v) is 5.36. The van der Waals surface area contributed by atoms with Gasteiger partial charge in [-0.2, -0.15) is 0 Å². The molecule has 0 spiro atoms. The van der Waals surface area contributed by atoms with Crippen molar-refractivity contribution in [2.24, 2.45) is 5.92 Å². The molecule has 0 aromatic carbocycles. The van der Waals surface area contributed by atoms with Crippen LogP contribution in [0.5, 0.6) is 0 Å². The number of esters is 1. The maximum atomic E-state index is 12.4. The Kier molecular flexibility index (Phi) is 4.46. The maximum absolute atomic E-state index is 12.4. The van der Waals surface area contributed by atoms with Crippen LogP contribution in [0.15, 0.2) is 0 Å². The van der Waals surface area contributed by atoms with Crippen LogP contribution in [0.4, 0.5) is 4.79 Å². The second-order valence-electron chi connectivity index (χ2n) is 5.36. The van der Waals surface area contributed by atoms with Crippen LogP contribution in [0.1, 0.15) is 25.7 Å². The van der Waals surface area contributed by atoms with Crippen molar-refractivity contribution in [1.29, 1.82) is 0 Å². The standard InChI is InChI=1S/C13H20N2O5/c1-20-12(18)10-3-2-5-15(10)13(19)14-6-4-9(8-14)7-11(16)17/h9-10H,2-8H2,1H3,(H,16,17). The third kappa shape index (κ3) is 3.02. The van der Waals surface area contributed by atoms with Crippen LogP contribution >= 0.6 is 0 Å². The fraction of sp³-hybridized carbons (Fsp3) is 0.769. The highest BCUT2D eigenvalue weighted by Gasteiger charge is 2.39. The molecule has 2 saturated heterocycles. The first-order valence-electron chi connectivity index (χ1n) is 6.88. The number of carbonyl (C=O) groups is 3. The van der Waals surface area contributed by atoms with Crippen molar-refractivity contribution in [1.82, 2.24) is 9.80 Å². The number of likely N-dealkylation sites (tertiary alicyclic amines) is 2. The van der Waals surface area contributed by atoms with Crippen molar-refractivity contribution in [3.63, 3.8) is 0 Å². The van der Waals surface area contributed by atoms with Gasteiger partial charge in [-0.05, 0) is 25.2 Å². The third-order valence-corrected chi connectivity index (χ3v) is 3.99. The zero-order chi connectivity index (χ0) is 14.7. The SMILES string of the molecule is COC(=O)C1CCCN1C(=O)N1CCC(CC(=O)O)C1. The van der Waals surface area contributed by atoms with Crippen LogP contribution in [-0.2, 0) is 14.3 Å². The Balaban J connectivity index is 1.94. The molecule has 2 aliphatic rings. The van der Waals surface area contributed by atoms with Crippen molar-refractivity contribution >= 4 is 18.0 Å². The minimum atomic E-state index is -0.835. The highest BCUT2D eigenvalue weighted by Crippen LogP contribution is 2.25. The van der Waals surface area contributed by atoms with Gasteiger partial charge in [-0.15, -0.1) is 0 Å². The summed E-state index contributed by atoms with van der Waals surface area (Å²) in [5.74, 6) is -1.20. The number of hydrogen-bond acceptors (Lipinski definition) is 4. The number of rotatable bonds is 3. The molecule has 2 heterocycles. The number of urea groups is 1. The number of aliphatic carboxylic acids is 1. The van der Waals surface area contributed by atoms with E-state index in [4.69, 9.17) is 9.84 Å². The summed E-state index contributed by atoms with van der Waals surface area (Å²) in [7, 11) is 1.32. The van der Waals surface area contributed by atoms with Crippen molar-refractivity contribution in [2.45, 2.75) is 31.7 Å². The summed E-state index contributed by atoms with van der Waals surface area (Å²) in [6.07, 6.45) is 2.21. The molecular formula is C13H20N2O5. The molecule has 2 fully saturated rings. The number of methoxy groups -OCH3 is 1. The molecule has 112 valence electrons. The van der Waals surface area contributed by atoms with Gasteiger partial charge >= 0.3 is 18.0 Å². The second kappa shape index (κ2) is 6.11. The van der Waals surface area contributed by atoms with Crippen LogP contribution < -0.4 is 0 Å². The van der Waals surface area contributed by atoms with Crippen LogP contribution in [0, 0.1) is 5.92 Å². The van der Waals surface area contributed by atoms with Crippen LogP contribution in [-0.4, -0.2) is 65.7 Å². The minimum absolute atomic E-state index is 0.00984. The zero-order valence-corrected chi connectivity index (χ0v) is 11.6. The summed E-state index contributed by atoms with van der Waals surface area (Å²) in [5.41, 5.74) is 0. The van der Waals surface area contributed by atoms with Gasteiger partial charge in [-0.25, -0.2) is 9.59 Å². The highest BCUT2D eigenvalue weighted by atomic mass is 16.5. The van der Waals surface area contributed by atoms with E-state index >= 15 is 0 Å². The Bertz CT molecular complexity index is 412. The molecular weight excluding hydrogens is 264 g/mol.